The molecule has 10 heteroatoms. The number of carbonyl (C=O) groups is 2. The highest BCUT2D eigenvalue weighted by atomic mass is 35.5. The fourth-order valence-corrected chi connectivity index (χ4v) is 6.53. The van der Waals surface area contributed by atoms with E-state index in [1.54, 1.807) is 49.4 Å². The maximum absolute atomic E-state index is 14.0. The van der Waals surface area contributed by atoms with Crippen molar-refractivity contribution in [1.82, 2.24) is 10.2 Å². The summed E-state index contributed by atoms with van der Waals surface area (Å²) in [6.45, 7) is 3.14. The minimum Gasteiger partial charge on any atom is -0.352 e. The molecule has 0 spiro atoms. The van der Waals surface area contributed by atoms with Crippen molar-refractivity contribution in [2.24, 2.45) is 0 Å². The highest BCUT2D eigenvalue weighted by molar-refractivity contribution is 7.92. The zero-order valence-electron chi connectivity index (χ0n) is 22.5. The summed E-state index contributed by atoms with van der Waals surface area (Å²) in [5, 5.41) is 3.96. The number of halogens is 2. The number of amides is 2. The Morgan fingerprint density at radius 3 is 2.23 bits per heavy atom. The van der Waals surface area contributed by atoms with Gasteiger partial charge in [0.05, 0.1) is 10.6 Å². The van der Waals surface area contributed by atoms with Crippen LogP contribution < -0.4 is 9.62 Å². The van der Waals surface area contributed by atoms with Crippen LogP contribution in [0.4, 0.5) is 5.69 Å². The van der Waals surface area contributed by atoms with E-state index in [0.29, 0.717) is 15.7 Å². The Kier molecular flexibility index (Phi) is 9.77. The number of carbonyl (C=O) groups excluding carboxylic acids is 2. The van der Waals surface area contributed by atoms with E-state index in [9.17, 15) is 18.0 Å². The van der Waals surface area contributed by atoms with Crippen molar-refractivity contribution >= 4 is 50.7 Å². The highest BCUT2D eigenvalue weighted by Crippen LogP contribution is 2.26. The lowest BCUT2D eigenvalue weighted by Crippen LogP contribution is -2.52. The molecule has 0 heterocycles. The smallest absolute Gasteiger partial charge is 0.264 e. The fourth-order valence-electron chi connectivity index (χ4n) is 4.78. The lowest BCUT2D eigenvalue weighted by Gasteiger charge is -2.32. The van der Waals surface area contributed by atoms with Gasteiger partial charge in [-0.3, -0.25) is 13.9 Å². The van der Waals surface area contributed by atoms with Crippen LogP contribution in [0.3, 0.4) is 0 Å². The van der Waals surface area contributed by atoms with Crippen molar-refractivity contribution in [1.29, 1.82) is 0 Å². The minimum absolute atomic E-state index is 0.00121. The molecule has 0 saturated heterocycles. The van der Waals surface area contributed by atoms with Crippen molar-refractivity contribution in [3.8, 4) is 0 Å². The Bertz CT molecular complexity index is 1440. The molecular weight excluding hydrogens is 569 g/mol. The SMILES string of the molecule is Cc1ccc(N(CC(=O)N(Cc2cccc(Cl)c2)[C@@H](C)C(=O)NC2CCCC2)S(=O)(=O)c2ccc(Cl)cc2)cc1. The standard InChI is InChI=1S/C30H33Cl2N3O4S/c1-21-10-14-27(15-11-21)35(40(38,39)28-16-12-24(31)13-17-28)20-29(36)34(19-23-6-5-7-25(32)18-23)22(2)30(37)33-26-8-3-4-9-26/h5-7,10-18,22,26H,3-4,8-9,19-20H2,1-2H3,(H,33,37)/t22-/m0/s1. The normalized spacial score (nSPS) is 14.5. The zero-order chi connectivity index (χ0) is 28.9. The third kappa shape index (κ3) is 7.36. The number of hydrogen-bond acceptors (Lipinski definition) is 4. The van der Waals surface area contributed by atoms with Gasteiger partial charge in [-0.1, -0.05) is 65.9 Å². The van der Waals surface area contributed by atoms with Crippen LogP contribution in [0.5, 0.6) is 0 Å². The molecule has 3 aromatic carbocycles. The summed E-state index contributed by atoms with van der Waals surface area (Å²) in [5.41, 5.74) is 2.00. The van der Waals surface area contributed by atoms with Crippen LogP contribution in [-0.4, -0.2) is 43.8 Å². The molecule has 4 rings (SSSR count). The summed E-state index contributed by atoms with van der Waals surface area (Å²) in [5.74, 6) is -0.795. The number of benzene rings is 3. The van der Waals surface area contributed by atoms with Crippen LogP contribution in [-0.2, 0) is 26.2 Å². The number of nitrogens with zero attached hydrogens (tertiary/aromatic N) is 2. The average molecular weight is 603 g/mol. The molecule has 1 N–H and O–H groups in total. The Balaban J connectivity index is 1.68. The van der Waals surface area contributed by atoms with Crippen molar-refractivity contribution in [2.75, 3.05) is 10.8 Å². The van der Waals surface area contributed by atoms with Crippen molar-refractivity contribution < 1.29 is 18.0 Å². The molecule has 0 aromatic heterocycles. The Labute approximate surface area is 246 Å². The molecular formula is C30H33Cl2N3O4S. The van der Waals surface area contributed by atoms with E-state index in [4.69, 9.17) is 23.2 Å². The van der Waals surface area contributed by atoms with Gasteiger partial charge < -0.3 is 10.2 Å². The summed E-state index contributed by atoms with van der Waals surface area (Å²) in [4.78, 5) is 28.7. The van der Waals surface area contributed by atoms with Crippen LogP contribution >= 0.6 is 23.2 Å². The molecule has 40 heavy (non-hydrogen) atoms. The van der Waals surface area contributed by atoms with E-state index in [2.05, 4.69) is 5.32 Å². The maximum atomic E-state index is 14.0. The van der Waals surface area contributed by atoms with E-state index in [1.807, 2.05) is 13.0 Å². The average Bonchev–Trinajstić information content (AvgIpc) is 3.44. The van der Waals surface area contributed by atoms with E-state index in [0.717, 1.165) is 41.1 Å². The molecule has 0 radical (unpaired) electrons. The minimum atomic E-state index is -4.15. The quantitative estimate of drug-likeness (QED) is 0.310. The van der Waals surface area contributed by atoms with Crippen molar-refractivity contribution in [3.05, 3.63) is 94.0 Å². The van der Waals surface area contributed by atoms with Gasteiger partial charge >= 0.3 is 0 Å². The van der Waals surface area contributed by atoms with Crippen LogP contribution in [0.15, 0.2) is 77.7 Å². The predicted molar refractivity (Wildman–Crippen MR) is 159 cm³/mol. The Morgan fingerprint density at radius 2 is 1.60 bits per heavy atom. The first-order valence-electron chi connectivity index (χ1n) is 13.2. The van der Waals surface area contributed by atoms with Crippen LogP contribution in [0.1, 0.15) is 43.7 Å². The largest absolute Gasteiger partial charge is 0.352 e. The van der Waals surface area contributed by atoms with E-state index in [1.165, 1.54) is 29.2 Å². The molecule has 1 aliphatic carbocycles. The first kappa shape index (κ1) is 29.9. The Hall–Kier alpha value is -3.07. The highest BCUT2D eigenvalue weighted by Gasteiger charge is 2.33. The molecule has 212 valence electrons. The van der Waals surface area contributed by atoms with Gasteiger partial charge in [-0.15, -0.1) is 0 Å². The Morgan fingerprint density at radius 1 is 0.950 bits per heavy atom. The molecule has 0 unspecified atom stereocenters. The summed E-state index contributed by atoms with van der Waals surface area (Å²) >= 11 is 12.2. The van der Waals surface area contributed by atoms with Crippen LogP contribution in [0.25, 0.3) is 0 Å². The molecule has 2 amide bonds. The lowest BCUT2D eigenvalue weighted by atomic mass is 10.1. The topological polar surface area (TPSA) is 86.8 Å². The fraction of sp³-hybridized carbons (Fsp3) is 0.333. The predicted octanol–water partition coefficient (Wildman–Crippen LogP) is 5.97. The number of hydrogen-bond donors (Lipinski definition) is 1. The van der Waals surface area contributed by atoms with Gasteiger partial charge in [-0.05, 0) is 80.8 Å². The third-order valence-corrected chi connectivity index (χ3v) is 9.39. The van der Waals surface area contributed by atoms with Crippen molar-refractivity contribution in [2.45, 2.75) is 63.1 Å². The molecule has 3 aromatic rings. The van der Waals surface area contributed by atoms with Gasteiger partial charge in [0.1, 0.15) is 12.6 Å². The summed E-state index contributed by atoms with van der Waals surface area (Å²) in [6, 6.07) is 19.0. The molecule has 1 atom stereocenters. The molecule has 1 aliphatic rings. The monoisotopic (exact) mass is 601 g/mol. The van der Waals surface area contributed by atoms with Gasteiger partial charge in [-0.2, -0.15) is 0 Å². The van der Waals surface area contributed by atoms with Crippen LogP contribution in [0, 0.1) is 6.92 Å². The second-order valence-corrected chi connectivity index (χ2v) is 12.9. The number of rotatable bonds is 10. The second-order valence-electron chi connectivity index (χ2n) is 10.1. The van der Waals surface area contributed by atoms with Crippen molar-refractivity contribution in [3.63, 3.8) is 0 Å². The molecule has 0 aliphatic heterocycles. The number of anilines is 1. The summed E-state index contributed by atoms with van der Waals surface area (Å²) in [6.07, 6.45) is 3.92. The lowest BCUT2D eigenvalue weighted by molar-refractivity contribution is -0.139. The molecule has 0 bridgehead atoms. The van der Waals surface area contributed by atoms with E-state index >= 15 is 0 Å². The first-order chi connectivity index (χ1) is 19.0. The van der Waals surface area contributed by atoms with Gasteiger partial charge in [-0.25, -0.2) is 8.42 Å². The van der Waals surface area contributed by atoms with Gasteiger partial charge in [0.15, 0.2) is 0 Å². The third-order valence-electron chi connectivity index (χ3n) is 7.11. The first-order valence-corrected chi connectivity index (χ1v) is 15.4. The molecule has 1 fully saturated rings. The number of sulfonamides is 1. The number of nitrogens with one attached hydrogen (secondary N) is 1. The second kappa shape index (κ2) is 13.1. The molecule has 7 nitrogen and oxygen atoms in total. The maximum Gasteiger partial charge on any atom is 0.264 e. The summed E-state index contributed by atoms with van der Waals surface area (Å²) < 4.78 is 28.8. The van der Waals surface area contributed by atoms with E-state index < -0.39 is 28.5 Å². The summed E-state index contributed by atoms with van der Waals surface area (Å²) in [7, 11) is -4.15. The number of aryl methyl sites for hydroxylation is 1. The van der Waals surface area contributed by atoms with E-state index in [-0.39, 0.29) is 23.4 Å². The zero-order valence-corrected chi connectivity index (χ0v) is 24.8. The molecule has 1 saturated carbocycles. The van der Waals surface area contributed by atoms with Gasteiger partial charge in [0, 0.05) is 22.6 Å². The van der Waals surface area contributed by atoms with Gasteiger partial charge in [0.25, 0.3) is 10.0 Å². The van der Waals surface area contributed by atoms with Crippen LogP contribution in [0.2, 0.25) is 10.0 Å². The van der Waals surface area contributed by atoms with Gasteiger partial charge in [0.2, 0.25) is 11.8 Å².